The first-order valence-electron chi connectivity index (χ1n) is 9.44. The lowest BCUT2D eigenvalue weighted by atomic mass is 10.1. The summed E-state index contributed by atoms with van der Waals surface area (Å²) in [6.07, 6.45) is -3.13. The van der Waals surface area contributed by atoms with E-state index in [-0.39, 0.29) is 12.1 Å². The van der Waals surface area contributed by atoms with Crippen LogP contribution in [0.2, 0.25) is 0 Å². The van der Waals surface area contributed by atoms with Crippen LogP contribution in [0.15, 0.2) is 18.3 Å². The van der Waals surface area contributed by atoms with Gasteiger partial charge in [-0.15, -0.1) is 0 Å². The predicted molar refractivity (Wildman–Crippen MR) is 107 cm³/mol. The Bertz CT molecular complexity index is 957. The van der Waals surface area contributed by atoms with Crippen LogP contribution in [0.1, 0.15) is 16.1 Å². The molecule has 176 valence electrons. The summed E-state index contributed by atoms with van der Waals surface area (Å²) >= 11 is 0. The summed E-state index contributed by atoms with van der Waals surface area (Å²) in [6.45, 7) is 4.51. The number of halogens is 3. The third-order valence-corrected chi connectivity index (χ3v) is 4.42. The van der Waals surface area contributed by atoms with Crippen LogP contribution in [0.25, 0.3) is 11.3 Å². The van der Waals surface area contributed by atoms with E-state index in [0.29, 0.717) is 24.4 Å². The van der Waals surface area contributed by atoms with E-state index in [1.54, 1.807) is 18.3 Å². The first kappa shape index (κ1) is 25.1. The van der Waals surface area contributed by atoms with Crippen LogP contribution in [0.3, 0.4) is 0 Å². The van der Waals surface area contributed by atoms with E-state index in [0.717, 1.165) is 30.2 Å². The first-order chi connectivity index (χ1) is 15.0. The smallest absolute Gasteiger partial charge is 0.475 e. The van der Waals surface area contributed by atoms with Crippen molar-refractivity contribution in [2.75, 3.05) is 38.3 Å². The van der Waals surface area contributed by atoms with Crippen molar-refractivity contribution in [2.24, 2.45) is 12.8 Å². The van der Waals surface area contributed by atoms with Crippen molar-refractivity contribution in [2.45, 2.75) is 19.2 Å². The highest BCUT2D eigenvalue weighted by Crippen LogP contribution is 2.33. The van der Waals surface area contributed by atoms with E-state index < -0.39 is 12.1 Å². The molecule has 0 unspecified atom stereocenters. The Labute approximate surface area is 181 Å². The van der Waals surface area contributed by atoms with Gasteiger partial charge in [0, 0.05) is 32.4 Å². The van der Waals surface area contributed by atoms with Gasteiger partial charge in [-0.05, 0) is 19.1 Å². The molecule has 1 aliphatic rings. The van der Waals surface area contributed by atoms with Crippen LogP contribution in [0.5, 0.6) is 0 Å². The lowest BCUT2D eigenvalue weighted by molar-refractivity contribution is -0.192. The lowest BCUT2D eigenvalue weighted by Gasteiger charge is -2.40. The number of hydrogen-bond donors (Lipinski definition) is 2. The minimum Gasteiger partial charge on any atom is -0.475 e. The fraction of sp³-hybridized carbons (Fsp3) is 0.474. The Morgan fingerprint density at radius 2 is 1.94 bits per heavy atom. The van der Waals surface area contributed by atoms with Gasteiger partial charge in [-0.3, -0.25) is 9.67 Å². The molecular formula is C19H24F3N5O5. The van der Waals surface area contributed by atoms with Crippen molar-refractivity contribution in [1.82, 2.24) is 14.8 Å². The molecular weight excluding hydrogens is 435 g/mol. The number of methoxy groups -OCH3 is 1. The van der Waals surface area contributed by atoms with Gasteiger partial charge in [-0.25, -0.2) is 9.59 Å². The number of carboxylic acid groups (broad SMARTS) is 1. The number of aliphatic carboxylic acids is 1. The van der Waals surface area contributed by atoms with Gasteiger partial charge >= 0.3 is 18.1 Å². The zero-order chi connectivity index (χ0) is 24.1. The van der Waals surface area contributed by atoms with Crippen LogP contribution in [-0.4, -0.2) is 77.4 Å². The molecule has 0 aromatic carbocycles. The number of carbonyl (C=O) groups excluding carboxylic acids is 1. The van der Waals surface area contributed by atoms with Gasteiger partial charge in [0.05, 0.1) is 42.8 Å². The molecule has 1 fully saturated rings. The van der Waals surface area contributed by atoms with Crippen molar-refractivity contribution < 1.29 is 37.3 Å². The minimum absolute atomic E-state index is 0.183. The van der Waals surface area contributed by atoms with Crippen molar-refractivity contribution in [1.29, 1.82) is 0 Å². The van der Waals surface area contributed by atoms with Gasteiger partial charge in [0.2, 0.25) is 0 Å². The van der Waals surface area contributed by atoms with Gasteiger partial charge in [0.25, 0.3) is 0 Å². The molecule has 1 saturated heterocycles. The van der Waals surface area contributed by atoms with Crippen LogP contribution < -0.4 is 10.6 Å². The van der Waals surface area contributed by atoms with E-state index in [4.69, 9.17) is 25.1 Å². The van der Waals surface area contributed by atoms with Gasteiger partial charge in [-0.2, -0.15) is 18.3 Å². The number of carbonyl (C=O) groups is 2. The Morgan fingerprint density at radius 1 is 1.31 bits per heavy atom. The largest absolute Gasteiger partial charge is 0.490 e. The Hall–Kier alpha value is -3.19. The van der Waals surface area contributed by atoms with Crippen LogP contribution >= 0.6 is 0 Å². The molecule has 13 heteroatoms. The molecule has 0 atom stereocenters. The SMILES string of the molecule is COC(=O)c1cc(C)nc(-c2cnn(C)c2N2CC(OCCN)C2)c1.O=C(O)C(F)(F)F. The summed E-state index contributed by atoms with van der Waals surface area (Å²) in [7, 11) is 3.26. The number of nitrogens with zero attached hydrogens (tertiary/aromatic N) is 4. The molecule has 2 aromatic rings. The number of aryl methyl sites for hydroxylation is 2. The van der Waals surface area contributed by atoms with Crippen LogP contribution in [-0.2, 0) is 21.3 Å². The molecule has 0 radical (unpaired) electrons. The Balaban J connectivity index is 0.000000451. The third kappa shape index (κ3) is 6.17. The number of carboxylic acids is 1. The quantitative estimate of drug-likeness (QED) is 0.615. The maximum atomic E-state index is 11.9. The van der Waals surface area contributed by atoms with Gasteiger partial charge < -0.3 is 25.2 Å². The molecule has 2 aromatic heterocycles. The number of alkyl halides is 3. The number of esters is 1. The summed E-state index contributed by atoms with van der Waals surface area (Å²) < 4.78 is 44.0. The molecule has 0 spiro atoms. The van der Waals surface area contributed by atoms with Crippen LogP contribution in [0.4, 0.5) is 19.0 Å². The molecule has 3 N–H and O–H groups in total. The highest BCUT2D eigenvalue weighted by Gasteiger charge is 2.38. The standard InChI is InChI=1S/C17H23N5O3.C2HF3O2/c1-11-6-12(17(23)24-3)7-15(20-11)14-8-19-21(2)16(14)22-9-13(10-22)25-5-4-18;3-2(4,5)1(6)7/h6-8,13H,4-5,9-10,18H2,1-3H3;(H,6,7). The van der Waals surface area contributed by atoms with Crippen molar-refractivity contribution in [3.05, 3.63) is 29.6 Å². The maximum absolute atomic E-state index is 11.9. The molecule has 0 aliphatic carbocycles. The summed E-state index contributed by atoms with van der Waals surface area (Å²) in [5.74, 6) is -2.18. The minimum atomic E-state index is -5.08. The van der Waals surface area contributed by atoms with Crippen LogP contribution in [0, 0.1) is 6.92 Å². The number of rotatable bonds is 6. The van der Waals surface area contributed by atoms with Gasteiger partial charge in [0.15, 0.2) is 0 Å². The highest BCUT2D eigenvalue weighted by molar-refractivity contribution is 5.91. The third-order valence-electron chi connectivity index (χ3n) is 4.42. The average molecular weight is 459 g/mol. The average Bonchev–Trinajstić information content (AvgIpc) is 3.06. The molecule has 0 amide bonds. The predicted octanol–water partition coefficient (Wildman–Crippen LogP) is 1.37. The topological polar surface area (TPSA) is 133 Å². The zero-order valence-electron chi connectivity index (χ0n) is 17.7. The van der Waals surface area contributed by atoms with E-state index in [9.17, 15) is 18.0 Å². The summed E-state index contributed by atoms with van der Waals surface area (Å²) in [5, 5.41) is 11.5. The van der Waals surface area contributed by atoms with Gasteiger partial charge in [-0.1, -0.05) is 0 Å². The number of ether oxygens (including phenoxy) is 2. The molecule has 32 heavy (non-hydrogen) atoms. The summed E-state index contributed by atoms with van der Waals surface area (Å²) in [5.41, 5.74) is 8.29. The fourth-order valence-corrected chi connectivity index (χ4v) is 2.98. The molecule has 10 nitrogen and oxygen atoms in total. The molecule has 3 heterocycles. The van der Waals surface area contributed by atoms with Crippen molar-refractivity contribution in [3.8, 4) is 11.3 Å². The molecule has 3 rings (SSSR count). The van der Waals surface area contributed by atoms with E-state index in [1.165, 1.54) is 7.11 Å². The molecule has 0 bridgehead atoms. The zero-order valence-corrected chi connectivity index (χ0v) is 17.7. The van der Waals surface area contributed by atoms with Crippen molar-refractivity contribution >= 4 is 17.8 Å². The maximum Gasteiger partial charge on any atom is 0.490 e. The lowest BCUT2D eigenvalue weighted by Crippen LogP contribution is -2.53. The van der Waals surface area contributed by atoms with E-state index in [2.05, 4.69) is 15.0 Å². The number of hydrogen-bond acceptors (Lipinski definition) is 8. The normalized spacial score (nSPS) is 13.8. The molecule has 0 saturated carbocycles. The number of aromatic nitrogens is 3. The number of nitrogens with two attached hydrogens (primary N) is 1. The highest BCUT2D eigenvalue weighted by atomic mass is 19.4. The second kappa shape index (κ2) is 10.4. The second-order valence-corrected chi connectivity index (χ2v) is 6.87. The summed E-state index contributed by atoms with van der Waals surface area (Å²) in [6, 6.07) is 3.45. The monoisotopic (exact) mass is 459 g/mol. The number of pyridine rings is 1. The van der Waals surface area contributed by atoms with Crippen molar-refractivity contribution in [3.63, 3.8) is 0 Å². The Kier molecular flexibility index (Phi) is 8.16. The summed E-state index contributed by atoms with van der Waals surface area (Å²) in [4.78, 5) is 27.5. The first-order valence-corrected chi connectivity index (χ1v) is 9.44. The van der Waals surface area contributed by atoms with E-state index in [1.807, 2.05) is 18.7 Å². The molecule has 1 aliphatic heterocycles. The van der Waals surface area contributed by atoms with Gasteiger partial charge in [0.1, 0.15) is 5.82 Å². The van der Waals surface area contributed by atoms with E-state index >= 15 is 0 Å². The Morgan fingerprint density at radius 3 is 2.47 bits per heavy atom. The fourth-order valence-electron chi connectivity index (χ4n) is 2.98. The second-order valence-electron chi connectivity index (χ2n) is 6.87. The number of anilines is 1.